The first-order valence-electron chi connectivity index (χ1n) is 8.08. The predicted molar refractivity (Wildman–Crippen MR) is 93.0 cm³/mol. The quantitative estimate of drug-likeness (QED) is 0.934. The Kier molecular flexibility index (Phi) is 4.81. The summed E-state index contributed by atoms with van der Waals surface area (Å²) in [5.41, 5.74) is 1.76. The van der Waals surface area contributed by atoms with Crippen molar-refractivity contribution in [3.63, 3.8) is 0 Å². The molecule has 1 N–H and O–H groups in total. The van der Waals surface area contributed by atoms with Crippen molar-refractivity contribution in [1.82, 2.24) is 0 Å². The molecule has 0 aromatic heterocycles. The van der Waals surface area contributed by atoms with Gasteiger partial charge in [0.1, 0.15) is 5.82 Å². The maximum absolute atomic E-state index is 13.7. The minimum atomic E-state index is -0.525. The highest BCUT2D eigenvalue weighted by Crippen LogP contribution is 2.25. The molecule has 5 heteroatoms. The van der Waals surface area contributed by atoms with Crippen molar-refractivity contribution in [2.24, 2.45) is 0 Å². The molecule has 0 aliphatic carbocycles. The second-order valence-corrected chi connectivity index (χ2v) is 6.12. The highest BCUT2D eigenvalue weighted by molar-refractivity contribution is 6.04. The van der Waals surface area contributed by atoms with Crippen LogP contribution in [0.1, 0.15) is 24.2 Å². The van der Waals surface area contributed by atoms with E-state index in [1.165, 1.54) is 12.1 Å². The average molecular weight is 328 g/mol. The van der Waals surface area contributed by atoms with Crippen molar-refractivity contribution in [2.75, 3.05) is 23.4 Å². The Morgan fingerprint density at radius 2 is 1.71 bits per heavy atom. The molecular weight excluding hydrogens is 307 g/mol. The zero-order chi connectivity index (χ0) is 17.1. The van der Waals surface area contributed by atoms with Gasteiger partial charge < -0.3 is 15.0 Å². The van der Waals surface area contributed by atoms with Crippen LogP contribution < -0.4 is 10.2 Å². The normalized spacial score (nSPS) is 20.7. The second kappa shape index (κ2) is 7.01. The molecule has 3 rings (SSSR count). The van der Waals surface area contributed by atoms with E-state index in [2.05, 4.69) is 24.1 Å². The maximum Gasteiger partial charge on any atom is 0.258 e. The van der Waals surface area contributed by atoms with E-state index in [0.29, 0.717) is 31.0 Å². The van der Waals surface area contributed by atoms with Crippen LogP contribution in [-0.4, -0.2) is 31.2 Å². The standard InChI is InChI=1S/C19H21FN2O2/c1-13-11-24-12-14(2)22(13)16-9-7-15(8-10-16)21-19(23)17-5-3-4-6-18(17)20/h3-10,13-14H,11-12H2,1-2H3,(H,21,23). The number of morpholine rings is 1. The van der Waals surface area contributed by atoms with Gasteiger partial charge in [-0.15, -0.1) is 0 Å². The zero-order valence-corrected chi connectivity index (χ0v) is 13.8. The molecule has 1 saturated heterocycles. The summed E-state index contributed by atoms with van der Waals surface area (Å²) in [6.07, 6.45) is 0. The third-order valence-electron chi connectivity index (χ3n) is 4.21. The fraction of sp³-hybridized carbons (Fsp3) is 0.316. The molecule has 1 amide bonds. The van der Waals surface area contributed by atoms with Crippen molar-refractivity contribution in [2.45, 2.75) is 25.9 Å². The molecular formula is C19H21FN2O2. The second-order valence-electron chi connectivity index (χ2n) is 6.12. The van der Waals surface area contributed by atoms with Gasteiger partial charge in [0.05, 0.1) is 18.8 Å². The first-order chi connectivity index (χ1) is 11.6. The Morgan fingerprint density at radius 3 is 2.33 bits per heavy atom. The molecule has 0 bridgehead atoms. The molecule has 2 atom stereocenters. The molecule has 4 nitrogen and oxygen atoms in total. The van der Waals surface area contributed by atoms with Gasteiger partial charge >= 0.3 is 0 Å². The van der Waals surface area contributed by atoms with Crippen LogP contribution in [0, 0.1) is 5.82 Å². The maximum atomic E-state index is 13.7. The largest absolute Gasteiger partial charge is 0.377 e. The lowest BCUT2D eigenvalue weighted by Crippen LogP contribution is -2.49. The number of hydrogen-bond acceptors (Lipinski definition) is 3. The van der Waals surface area contributed by atoms with E-state index in [9.17, 15) is 9.18 Å². The Balaban J connectivity index is 1.73. The number of amides is 1. The lowest BCUT2D eigenvalue weighted by molar-refractivity contribution is 0.0757. The predicted octanol–water partition coefficient (Wildman–Crippen LogP) is 3.69. The van der Waals surface area contributed by atoms with Crippen molar-refractivity contribution in [3.8, 4) is 0 Å². The number of carbonyl (C=O) groups is 1. The Labute approximate surface area is 141 Å². The fourth-order valence-electron chi connectivity index (χ4n) is 3.07. The Morgan fingerprint density at radius 1 is 1.08 bits per heavy atom. The van der Waals surface area contributed by atoms with E-state index in [0.717, 1.165) is 5.69 Å². The number of anilines is 2. The number of rotatable bonds is 3. The third kappa shape index (κ3) is 3.41. The number of nitrogens with one attached hydrogen (secondary N) is 1. The van der Waals surface area contributed by atoms with Crippen LogP contribution >= 0.6 is 0 Å². The van der Waals surface area contributed by atoms with Crippen LogP contribution in [0.2, 0.25) is 0 Å². The lowest BCUT2D eigenvalue weighted by atomic mass is 10.1. The topological polar surface area (TPSA) is 41.6 Å². The molecule has 24 heavy (non-hydrogen) atoms. The first-order valence-corrected chi connectivity index (χ1v) is 8.08. The molecule has 1 aliphatic rings. The van der Waals surface area contributed by atoms with Crippen LogP contribution in [0.3, 0.4) is 0 Å². The van der Waals surface area contributed by atoms with Crippen LogP contribution in [0.15, 0.2) is 48.5 Å². The van der Waals surface area contributed by atoms with Crippen LogP contribution in [0.5, 0.6) is 0 Å². The number of benzene rings is 2. The first kappa shape index (κ1) is 16.5. The fourth-order valence-corrected chi connectivity index (χ4v) is 3.07. The van der Waals surface area contributed by atoms with Crippen LogP contribution in [0.25, 0.3) is 0 Å². The molecule has 1 heterocycles. The van der Waals surface area contributed by atoms with Gasteiger partial charge in [0.15, 0.2) is 0 Å². The van der Waals surface area contributed by atoms with Gasteiger partial charge in [-0.3, -0.25) is 4.79 Å². The van der Waals surface area contributed by atoms with E-state index in [-0.39, 0.29) is 5.56 Å². The summed E-state index contributed by atoms with van der Waals surface area (Å²) in [5.74, 6) is -0.975. The van der Waals surface area contributed by atoms with Crippen LogP contribution in [-0.2, 0) is 4.74 Å². The lowest BCUT2D eigenvalue weighted by Gasteiger charge is -2.40. The van der Waals surface area contributed by atoms with Crippen LogP contribution in [0.4, 0.5) is 15.8 Å². The molecule has 2 unspecified atom stereocenters. The highest BCUT2D eigenvalue weighted by atomic mass is 19.1. The summed E-state index contributed by atoms with van der Waals surface area (Å²) >= 11 is 0. The van der Waals surface area contributed by atoms with Gasteiger partial charge in [0, 0.05) is 23.5 Å². The number of ether oxygens (including phenoxy) is 1. The van der Waals surface area contributed by atoms with Gasteiger partial charge in [-0.05, 0) is 50.2 Å². The monoisotopic (exact) mass is 328 g/mol. The molecule has 126 valence electrons. The molecule has 0 saturated carbocycles. The molecule has 2 aromatic rings. The summed E-state index contributed by atoms with van der Waals surface area (Å²) < 4.78 is 19.2. The van der Waals surface area contributed by atoms with Gasteiger partial charge in [0.2, 0.25) is 0 Å². The van der Waals surface area contributed by atoms with Gasteiger partial charge in [0.25, 0.3) is 5.91 Å². The van der Waals surface area contributed by atoms with Crippen molar-refractivity contribution >= 4 is 17.3 Å². The number of halogens is 1. The van der Waals surface area contributed by atoms with Crippen molar-refractivity contribution < 1.29 is 13.9 Å². The summed E-state index contributed by atoms with van der Waals surface area (Å²) in [4.78, 5) is 14.5. The third-order valence-corrected chi connectivity index (χ3v) is 4.21. The number of nitrogens with zero attached hydrogens (tertiary/aromatic N) is 1. The van der Waals surface area contributed by atoms with E-state index in [1.807, 2.05) is 24.3 Å². The highest BCUT2D eigenvalue weighted by Gasteiger charge is 2.25. The van der Waals surface area contributed by atoms with Gasteiger partial charge in [-0.1, -0.05) is 12.1 Å². The molecule has 2 aromatic carbocycles. The smallest absolute Gasteiger partial charge is 0.258 e. The molecule has 1 aliphatic heterocycles. The summed E-state index contributed by atoms with van der Waals surface area (Å²) in [5, 5.41) is 2.73. The Bertz CT molecular complexity index is 708. The molecule has 0 radical (unpaired) electrons. The number of hydrogen-bond donors (Lipinski definition) is 1. The van der Waals surface area contributed by atoms with Crippen molar-refractivity contribution in [3.05, 3.63) is 59.9 Å². The summed E-state index contributed by atoms with van der Waals surface area (Å²) in [7, 11) is 0. The average Bonchev–Trinajstić information content (AvgIpc) is 2.56. The van der Waals surface area contributed by atoms with Crippen molar-refractivity contribution in [1.29, 1.82) is 0 Å². The molecule has 1 fully saturated rings. The number of carbonyl (C=O) groups excluding carboxylic acids is 1. The van der Waals surface area contributed by atoms with E-state index in [1.54, 1.807) is 12.1 Å². The molecule has 0 spiro atoms. The van der Waals surface area contributed by atoms with Gasteiger partial charge in [-0.25, -0.2) is 4.39 Å². The minimum absolute atomic E-state index is 0.0389. The SMILES string of the molecule is CC1COCC(C)N1c1ccc(NC(=O)c2ccccc2F)cc1. The summed E-state index contributed by atoms with van der Waals surface area (Å²) in [6, 6.07) is 14.2. The zero-order valence-electron chi connectivity index (χ0n) is 13.8. The Hall–Kier alpha value is -2.40. The van der Waals surface area contributed by atoms with E-state index >= 15 is 0 Å². The van der Waals surface area contributed by atoms with E-state index in [4.69, 9.17) is 4.74 Å². The van der Waals surface area contributed by atoms with Gasteiger partial charge in [-0.2, -0.15) is 0 Å². The minimum Gasteiger partial charge on any atom is -0.377 e. The summed E-state index contributed by atoms with van der Waals surface area (Å²) in [6.45, 7) is 5.67. The van der Waals surface area contributed by atoms with E-state index < -0.39 is 11.7 Å².